The maximum atomic E-state index is 12.5. The predicted molar refractivity (Wildman–Crippen MR) is 58.6 cm³/mol. The molecule has 0 fully saturated rings. The molecule has 7 heteroatoms. The van der Waals surface area contributed by atoms with Crippen molar-refractivity contribution in [2.75, 3.05) is 0 Å². The number of aryl methyl sites for hydroxylation is 1. The van der Waals surface area contributed by atoms with Gasteiger partial charge < -0.3 is 0 Å². The van der Waals surface area contributed by atoms with E-state index < -0.39 is 11.9 Å². The Labute approximate surface area is 100.0 Å². The SMILES string of the molecule is Cc1ccc(-c2cc(C(F)(F)F)nn2N=O)cc1. The van der Waals surface area contributed by atoms with Gasteiger partial charge in [0.15, 0.2) is 5.69 Å². The second kappa shape index (κ2) is 4.25. The summed E-state index contributed by atoms with van der Waals surface area (Å²) in [6, 6.07) is 7.46. The van der Waals surface area contributed by atoms with Gasteiger partial charge in [0.1, 0.15) is 0 Å². The van der Waals surface area contributed by atoms with E-state index in [9.17, 15) is 18.1 Å². The van der Waals surface area contributed by atoms with E-state index in [0.717, 1.165) is 11.6 Å². The molecule has 0 atom stereocenters. The molecule has 1 aromatic carbocycles. The van der Waals surface area contributed by atoms with E-state index >= 15 is 0 Å². The van der Waals surface area contributed by atoms with Gasteiger partial charge >= 0.3 is 6.18 Å². The quantitative estimate of drug-likeness (QED) is 0.772. The van der Waals surface area contributed by atoms with Gasteiger partial charge in [-0.05, 0) is 13.0 Å². The van der Waals surface area contributed by atoms with Crippen LogP contribution in [-0.2, 0) is 6.18 Å². The summed E-state index contributed by atoms with van der Waals surface area (Å²) < 4.78 is 37.4. The Morgan fingerprint density at radius 3 is 2.33 bits per heavy atom. The van der Waals surface area contributed by atoms with Crippen molar-refractivity contribution in [1.29, 1.82) is 0 Å². The molecule has 0 radical (unpaired) electrons. The zero-order valence-corrected chi connectivity index (χ0v) is 9.27. The second-order valence-electron chi connectivity index (χ2n) is 3.75. The van der Waals surface area contributed by atoms with E-state index in [2.05, 4.69) is 10.4 Å². The minimum Gasteiger partial charge on any atom is -0.164 e. The topological polar surface area (TPSA) is 47.2 Å². The fourth-order valence-corrected chi connectivity index (χ4v) is 1.50. The zero-order valence-electron chi connectivity index (χ0n) is 9.27. The summed E-state index contributed by atoms with van der Waals surface area (Å²) in [4.78, 5) is 10.9. The summed E-state index contributed by atoms with van der Waals surface area (Å²) in [6.07, 6.45) is -4.60. The maximum Gasteiger partial charge on any atom is 0.435 e. The number of nitrogens with zero attached hydrogens (tertiary/aromatic N) is 3. The van der Waals surface area contributed by atoms with Crippen molar-refractivity contribution in [2.24, 2.45) is 5.29 Å². The average Bonchev–Trinajstić information content (AvgIpc) is 2.73. The molecule has 0 aliphatic rings. The van der Waals surface area contributed by atoms with Gasteiger partial charge in [-0.3, -0.25) is 0 Å². The molecule has 94 valence electrons. The van der Waals surface area contributed by atoms with Crippen LogP contribution in [0.2, 0.25) is 0 Å². The number of hydrogen-bond acceptors (Lipinski definition) is 3. The smallest absolute Gasteiger partial charge is 0.164 e. The minimum atomic E-state index is -4.60. The van der Waals surface area contributed by atoms with Crippen molar-refractivity contribution in [2.45, 2.75) is 13.1 Å². The summed E-state index contributed by atoms with van der Waals surface area (Å²) in [6.45, 7) is 1.85. The van der Waals surface area contributed by atoms with Gasteiger partial charge in [-0.2, -0.15) is 13.2 Å². The molecule has 1 aromatic heterocycles. The van der Waals surface area contributed by atoms with Crippen LogP contribution in [0.1, 0.15) is 11.3 Å². The van der Waals surface area contributed by atoms with Crippen molar-refractivity contribution in [1.82, 2.24) is 9.89 Å². The summed E-state index contributed by atoms with van der Waals surface area (Å²) in [5.41, 5.74) is 0.276. The molecule has 0 spiro atoms. The number of halogens is 3. The Morgan fingerprint density at radius 2 is 1.83 bits per heavy atom. The lowest BCUT2D eigenvalue weighted by atomic mass is 10.1. The number of alkyl halides is 3. The van der Waals surface area contributed by atoms with Crippen LogP contribution in [0.15, 0.2) is 35.6 Å². The lowest BCUT2D eigenvalue weighted by Crippen LogP contribution is -2.06. The average molecular weight is 255 g/mol. The lowest BCUT2D eigenvalue weighted by molar-refractivity contribution is -0.141. The van der Waals surface area contributed by atoms with Crippen molar-refractivity contribution < 1.29 is 13.2 Å². The first-order valence-corrected chi connectivity index (χ1v) is 5.00. The molecule has 2 aromatic rings. The Kier molecular flexibility index (Phi) is 2.90. The van der Waals surface area contributed by atoms with Crippen molar-refractivity contribution in [3.8, 4) is 11.3 Å². The van der Waals surface area contributed by atoms with E-state index in [1.807, 2.05) is 6.92 Å². The number of nitroso groups, excluding NO2 is 1. The van der Waals surface area contributed by atoms with Gasteiger partial charge in [-0.25, -0.2) is 0 Å². The molecular weight excluding hydrogens is 247 g/mol. The van der Waals surface area contributed by atoms with Gasteiger partial charge in [-0.15, -0.1) is 14.8 Å². The highest BCUT2D eigenvalue weighted by molar-refractivity contribution is 5.60. The predicted octanol–water partition coefficient (Wildman–Crippen LogP) is 3.41. The van der Waals surface area contributed by atoms with Crippen LogP contribution in [0.3, 0.4) is 0 Å². The molecule has 0 saturated heterocycles. The van der Waals surface area contributed by atoms with Crippen LogP contribution in [0, 0.1) is 11.8 Å². The Balaban J connectivity index is 2.53. The molecule has 18 heavy (non-hydrogen) atoms. The first kappa shape index (κ1) is 12.3. The Hall–Kier alpha value is -2.18. The number of aromatic nitrogens is 2. The minimum absolute atomic E-state index is 0.0114. The van der Waals surface area contributed by atoms with E-state index in [4.69, 9.17) is 0 Å². The first-order valence-electron chi connectivity index (χ1n) is 5.00. The summed E-state index contributed by atoms with van der Waals surface area (Å²) in [7, 11) is 0. The van der Waals surface area contributed by atoms with Crippen molar-refractivity contribution >= 4 is 0 Å². The summed E-state index contributed by atoms with van der Waals surface area (Å²) >= 11 is 0. The van der Waals surface area contributed by atoms with Gasteiger partial charge in [0.25, 0.3) is 0 Å². The lowest BCUT2D eigenvalue weighted by Gasteiger charge is -1.99. The molecule has 0 amide bonds. The molecular formula is C11H8F3N3O. The fourth-order valence-electron chi connectivity index (χ4n) is 1.50. The van der Waals surface area contributed by atoms with Gasteiger partial charge in [0, 0.05) is 5.56 Å². The van der Waals surface area contributed by atoms with Crippen LogP contribution >= 0.6 is 0 Å². The van der Waals surface area contributed by atoms with Crippen LogP contribution in [0.4, 0.5) is 13.2 Å². The zero-order chi connectivity index (χ0) is 13.3. The van der Waals surface area contributed by atoms with Crippen LogP contribution in [0.25, 0.3) is 11.3 Å². The molecule has 0 aliphatic heterocycles. The molecule has 0 aliphatic carbocycles. The third kappa shape index (κ3) is 2.24. The highest BCUT2D eigenvalue weighted by Crippen LogP contribution is 2.31. The second-order valence-corrected chi connectivity index (χ2v) is 3.75. The van der Waals surface area contributed by atoms with Crippen LogP contribution in [-0.4, -0.2) is 9.89 Å². The normalized spacial score (nSPS) is 11.6. The van der Waals surface area contributed by atoms with Gasteiger partial charge in [0.05, 0.1) is 11.0 Å². The van der Waals surface area contributed by atoms with E-state index in [1.165, 1.54) is 0 Å². The van der Waals surface area contributed by atoms with E-state index in [-0.39, 0.29) is 5.69 Å². The number of rotatable bonds is 2. The highest BCUT2D eigenvalue weighted by Gasteiger charge is 2.35. The standard InChI is InChI=1S/C11H8F3N3O/c1-7-2-4-8(5-3-7)9-6-10(11(12,13)14)15-17(9)16-18/h2-6H,1H3. The number of hydrogen-bond donors (Lipinski definition) is 0. The Bertz CT molecular complexity index is 572. The van der Waals surface area contributed by atoms with Crippen molar-refractivity contribution in [3.63, 3.8) is 0 Å². The highest BCUT2D eigenvalue weighted by atomic mass is 19.4. The molecule has 0 unspecified atom stereocenters. The van der Waals surface area contributed by atoms with Crippen molar-refractivity contribution in [3.05, 3.63) is 46.5 Å². The molecule has 0 N–H and O–H groups in total. The summed E-state index contributed by atoms with van der Waals surface area (Å²) in [5.74, 6) is 0. The van der Waals surface area contributed by atoms with Gasteiger partial charge in [-0.1, -0.05) is 29.8 Å². The van der Waals surface area contributed by atoms with Gasteiger partial charge in [0.2, 0.25) is 0 Å². The molecule has 0 bridgehead atoms. The maximum absolute atomic E-state index is 12.5. The summed E-state index contributed by atoms with van der Waals surface area (Å²) in [5, 5.41) is 5.57. The monoisotopic (exact) mass is 255 g/mol. The molecule has 0 saturated carbocycles. The third-order valence-electron chi connectivity index (χ3n) is 2.41. The van der Waals surface area contributed by atoms with Crippen LogP contribution in [0.5, 0.6) is 0 Å². The third-order valence-corrected chi connectivity index (χ3v) is 2.41. The molecule has 1 heterocycles. The van der Waals surface area contributed by atoms with E-state index in [0.29, 0.717) is 10.4 Å². The largest absolute Gasteiger partial charge is 0.435 e. The molecule has 4 nitrogen and oxygen atoms in total. The fraction of sp³-hybridized carbons (Fsp3) is 0.182. The molecule has 2 rings (SSSR count). The van der Waals surface area contributed by atoms with E-state index in [1.54, 1.807) is 24.3 Å². The Morgan fingerprint density at radius 1 is 1.22 bits per heavy atom. The number of benzene rings is 1. The van der Waals surface area contributed by atoms with Crippen LogP contribution < -0.4 is 0 Å². The first-order chi connectivity index (χ1) is 8.41.